The number of hydrogen-bond acceptors (Lipinski definition) is 3. The van der Waals surface area contributed by atoms with Crippen LogP contribution < -0.4 is 0 Å². The highest BCUT2D eigenvalue weighted by Gasteiger charge is 2.36. The van der Waals surface area contributed by atoms with Gasteiger partial charge in [-0.2, -0.15) is 5.10 Å². The average Bonchev–Trinajstić information content (AvgIpc) is 2.78. The molecule has 5 heteroatoms. The summed E-state index contributed by atoms with van der Waals surface area (Å²) in [5.41, 5.74) is 1.59. The van der Waals surface area contributed by atoms with E-state index in [-0.39, 0.29) is 5.04 Å². The first kappa shape index (κ1) is 15.9. The molecule has 1 heterocycles. The molecular weight excluding hydrogens is 280 g/mol. The molecule has 0 bridgehead atoms. The summed E-state index contributed by atoms with van der Waals surface area (Å²) in [6, 6.07) is 5.53. The maximum absolute atomic E-state index is 10.8. The Kier molecular flexibility index (Phi) is 4.34. The van der Waals surface area contributed by atoms with Crippen LogP contribution in [0, 0.1) is 0 Å². The van der Waals surface area contributed by atoms with Crippen LogP contribution in [-0.4, -0.2) is 31.0 Å². The van der Waals surface area contributed by atoms with Crippen molar-refractivity contribution in [2.45, 2.75) is 45.4 Å². The lowest BCUT2D eigenvalue weighted by atomic mass is 10.2. The zero-order chi connectivity index (χ0) is 15.7. The molecule has 2 aromatic rings. The Morgan fingerprint density at radius 2 is 2.05 bits per heavy atom. The number of rotatable bonds is 5. The van der Waals surface area contributed by atoms with Gasteiger partial charge in [0.2, 0.25) is 0 Å². The van der Waals surface area contributed by atoms with Gasteiger partial charge in [0, 0.05) is 17.1 Å². The fourth-order valence-corrected chi connectivity index (χ4v) is 2.93. The molecule has 1 aromatic carbocycles. The lowest BCUT2D eigenvalue weighted by Gasteiger charge is -2.36. The van der Waals surface area contributed by atoms with Crippen LogP contribution in [-0.2, 0) is 11.0 Å². The Bertz CT molecular complexity index is 641. The number of hydrogen-bond donors (Lipinski definition) is 0. The number of aromatic nitrogens is 2. The highest BCUT2D eigenvalue weighted by atomic mass is 28.4. The van der Waals surface area contributed by atoms with Crippen molar-refractivity contribution in [3.8, 4) is 0 Å². The number of fused-ring (bicyclic) bond motifs is 1. The molecule has 0 atom stereocenters. The van der Waals surface area contributed by atoms with E-state index in [0.29, 0.717) is 12.2 Å². The third-order valence-electron chi connectivity index (χ3n) is 4.30. The van der Waals surface area contributed by atoms with Crippen molar-refractivity contribution in [3.05, 3.63) is 30.0 Å². The van der Waals surface area contributed by atoms with Gasteiger partial charge in [0.05, 0.1) is 18.7 Å². The largest absolute Gasteiger partial charge is 0.415 e. The first-order valence-electron chi connectivity index (χ1n) is 7.29. The molecule has 0 amide bonds. The topological polar surface area (TPSA) is 44.1 Å². The number of carbonyl (C=O) groups is 1. The van der Waals surface area contributed by atoms with Gasteiger partial charge in [-0.25, -0.2) is 0 Å². The summed E-state index contributed by atoms with van der Waals surface area (Å²) < 4.78 is 8.06. The molecule has 114 valence electrons. The summed E-state index contributed by atoms with van der Waals surface area (Å²) in [7, 11) is -1.70. The van der Waals surface area contributed by atoms with E-state index >= 15 is 0 Å². The van der Waals surface area contributed by atoms with E-state index in [2.05, 4.69) is 39.0 Å². The van der Waals surface area contributed by atoms with Gasteiger partial charge in [0.15, 0.2) is 8.32 Å². The van der Waals surface area contributed by atoms with Gasteiger partial charge in [-0.1, -0.05) is 20.8 Å². The Balaban J connectivity index is 2.03. The van der Waals surface area contributed by atoms with Crippen molar-refractivity contribution < 1.29 is 9.22 Å². The van der Waals surface area contributed by atoms with Crippen molar-refractivity contribution in [2.75, 3.05) is 6.61 Å². The third kappa shape index (κ3) is 3.60. The quantitative estimate of drug-likeness (QED) is 0.622. The second-order valence-corrected chi connectivity index (χ2v) is 11.7. The molecule has 0 unspecified atom stereocenters. The Labute approximate surface area is 127 Å². The van der Waals surface area contributed by atoms with Crippen LogP contribution in [0.3, 0.4) is 0 Å². The van der Waals surface area contributed by atoms with Gasteiger partial charge in [-0.15, -0.1) is 0 Å². The minimum atomic E-state index is -1.70. The van der Waals surface area contributed by atoms with E-state index < -0.39 is 8.32 Å². The molecular formula is C16H24N2O2Si. The van der Waals surface area contributed by atoms with E-state index in [1.807, 2.05) is 23.0 Å². The van der Waals surface area contributed by atoms with E-state index in [9.17, 15) is 4.79 Å². The van der Waals surface area contributed by atoms with Crippen molar-refractivity contribution in [3.63, 3.8) is 0 Å². The standard InChI is InChI=1S/C16H24N2O2Si/c1-16(2,3)21(4,5)20-9-8-18-11-14-10-13(12-19)6-7-15(14)17-18/h6-7,10-12H,8-9H2,1-5H3. The van der Waals surface area contributed by atoms with Crippen LogP contribution in [0.25, 0.3) is 10.9 Å². The minimum Gasteiger partial charge on any atom is -0.415 e. The van der Waals surface area contributed by atoms with Gasteiger partial charge in [0.25, 0.3) is 0 Å². The Hall–Kier alpha value is -1.46. The number of nitrogens with zero attached hydrogens (tertiary/aromatic N) is 2. The van der Waals surface area contributed by atoms with Crippen molar-refractivity contribution >= 4 is 25.5 Å². The average molecular weight is 304 g/mol. The monoisotopic (exact) mass is 304 g/mol. The SMILES string of the molecule is CC(C)(C)[Si](C)(C)OCCn1cc2cc(C=O)ccc2n1. The maximum atomic E-state index is 10.8. The summed E-state index contributed by atoms with van der Waals surface area (Å²) in [5, 5.41) is 5.72. The Morgan fingerprint density at radius 3 is 2.67 bits per heavy atom. The smallest absolute Gasteiger partial charge is 0.192 e. The summed E-state index contributed by atoms with van der Waals surface area (Å²) in [6.07, 6.45) is 2.83. The molecule has 0 radical (unpaired) electrons. The normalized spacial score (nSPS) is 12.8. The molecule has 0 aliphatic rings. The highest BCUT2D eigenvalue weighted by Crippen LogP contribution is 2.36. The van der Waals surface area contributed by atoms with Gasteiger partial charge in [-0.05, 0) is 36.3 Å². The van der Waals surface area contributed by atoms with Crippen LogP contribution in [0.15, 0.2) is 24.4 Å². The first-order chi connectivity index (χ1) is 9.73. The van der Waals surface area contributed by atoms with Crippen LogP contribution in [0.1, 0.15) is 31.1 Å². The second kappa shape index (κ2) is 5.73. The van der Waals surface area contributed by atoms with E-state index in [1.54, 1.807) is 6.07 Å². The summed E-state index contributed by atoms with van der Waals surface area (Å²) in [5.74, 6) is 0. The number of carbonyl (C=O) groups excluding carboxylic acids is 1. The summed E-state index contributed by atoms with van der Waals surface area (Å²) in [4.78, 5) is 10.8. The van der Waals surface area contributed by atoms with E-state index in [0.717, 1.165) is 23.7 Å². The van der Waals surface area contributed by atoms with Crippen molar-refractivity contribution in [1.29, 1.82) is 0 Å². The molecule has 0 saturated carbocycles. The third-order valence-corrected chi connectivity index (χ3v) is 8.84. The molecule has 1 aromatic heterocycles. The van der Waals surface area contributed by atoms with Gasteiger partial charge in [0.1, 0.15) is 6.29 Å². The number of aldehydes is 1. The van der Waals surface area contributed by atoms with Crippen LogP contribution >= 0.6 is 0 Å². The predicted molar refractivity (Wildman–Crippen MR) is 88.3 cm³/mol. The van der Waals surface area contributed by atoms with Crippen molar-refractivity contribution in [2.24, 2.45) is 0 Å². The van der Waals surface area contributed by atoms with Crippen LogP contribution in [0.4, 0.5) is 0 Å². The Morgan fingerprint density at radius 1 is 1.33 bits per heavy atom. The zero-order valence-electron chi connectivity index (χ0n) is 13.5. The van der Waals surface area contributed by atoms with Crippen LogP contribution in [0.2, 0.25) is 18.1 Å². The fourth-order valence-electron chi connectivity index (χ4n) is 1.89. The predicted octanol–water partition coefficient (Wildman–Crippen LogP) is 3.87. The molecule has 4 nitrogen and oxygen atoms in total. The van der Waals surface area contributed by atoms with Crippen LogP contribution in [0.5, 0.6) is 0 Å². The molecule has 21 heavy (non-hydrogen) atoms. The lowest BCUT2D eigenvalue weighted by Crippen LogP contribution is -2.41. The molecule has 0 saturated heterocycles. The minimum absolute atomic E-state index is 0.223. The zero-order valence-corrected chi connectivity index (χ0v) is 14.5. The van der Waals surface area contributed by atoms with Gasteiger partial charge < -0.3 is 4.43 Å². The van der Waals surface area contributed by atoms with Gasteiger partial charge in [-0.3, -0.25) is 9.48 Å². The molecule has 0 spiro atoms. The second-order valence-electron chi connectivity index (χ2n) is 6.94. The maximum Gasteiger partial charge on any atom is 0.192 e. The molecule has 2 rings (SSSR count). The lowest BCUT2D eigenvalue weighted by molar-refractivity contribution is 0.112. The van der Waals surface area contributed by atoms with E-state index in [1.165, 1.54) is 0 Å². The highest BCUT2D eigenvalue weighted by molar-refractivity contribution is 6.74. The van der Waals surface area contributed by atoms with Crippen molar-refractivity contribution in [1.82, 2.24) is 9.78 Å². The molecule has 0 N–H and O–H groups in total. The summed E-state index contributed by atoms with van der Waals surface area (Å²) >= 11 is 0. The molecule has 0 aliphatic carbocycles. The number of benzene rings is 1. The summed E-state index contributed by atoms with van der Waals surface area (Å²) in [6.45, 7) is 12.6. The fraction of sp³-hybridized carbons (Fsp3) is 0.500. The van der Waals surface area contributed by atoms with Gasteiger partial charge >= 0.3 is 0 Å². The first-order valence-corrected chi connectivity index (χ1v) is 10.2. The molecule has 0 fully saturated rings. The van der Waals surface area contributed by atoms with E-state index in [4.69, 9.17) is 4.43 Å². The molecule has 0 aliphatic heterocycles.